The summed E-state index contributed by atoms with van der Waals surface area (Å²) >= 11 is 6.33. The van der Waals surface area contributed by atoms with Crippen LogP contribution in [0.4, 0.5) is 28.4 Å². The number of carbonyl (C=O) groups is 2. The number of benzene rings is 2. The van der Waals surface area contributed by atoms with E-state index in [-0.39, 0.29) is 24.6 Å². The molecule has 244 valence electrons. The zero-order chi connectivity index (χ0) is 33.1. The Morgan fingerprint density at radius 1 is 0.933 bits per heavy atom. The zero-order valence-electron chi connectivity index (χ0n) is 26.0. The third-order valence-electron chi connectivity index (χ3n) is 6.60. The summed E-state index contributed by atoms with van der Waals surface area (Å²) in [6, 6.07) is 10.8. The molecule has 0 aliphatic carbocycles. The van der Waals surface area contributed by atoms with Crippen LogP contribution < -0.4 is 9.64 Å². The molecule has 0 bridgehead atoms. The van der Waals surface area contributed by atoms with Gasteiger partial charge in [0.2, 0.25) is 0 Å². The number of hydrogen-bond donors (Lipinski definition) is 0. The number of carbonyl (C=O) groups excluding carboxylic acids is 2. The molecule has 13 heteroatoms. The predicted octanol–water partition coefficient (Wildman–Crippen LogP) is 9.70. The Kier molecular flexibility index (Phi) is 13.0. The molecule has 0 atom stereocenters. The molecule has 3 aromatic rings. The zero-order valence-corrected chi connectivity index (χ0v) is 26.7. The van der Waals surface area contributed by atoms with Gasteiger partial charge < -0.3 is 19.1 Å². The molecule has 9 nitrogen and oxygen atoms in total. The quantitative estimate of drug-likeness (QED) is 0.193. The Hall–Kier alpha value is -3.93. The maximum atomic E-state index is 12.9. The van der Waals surface area contributed by atoms with Crippen molar-refractivity contribution in [3.63, 3.8) is 0 Å². The monoisotopic (exact) mass is 650 g/mol. The van der Waals surface area contributed by atoms with Crippen LogP contribution in [0.15, 0.2) is 52.7 Å². The summed E-state index contributed by atoms with van der Waals surface area (Å²) in [4.78, 5) is 28.4. The van der Waals surface area contributed by atoms with Crippen LogP contribution in [0.2, 0.25) is 5.15 Å². The first-order chi connectivity index (χ1) is 21.2. The van der Waals surface area contributed by atoms with E-state index >= 15 is 0 Å². The highest BCUT2D eigenvalue weighted by atomic mass is 35.5. The van der Waals surface area contributed by atoms with E-state index in [1.165, 1.54) is 25.0 Å². The van der Waals surface area contributed by atoms with E-state index in [9.17, 15) is 22.8 Å². The van der Waals surface area contributed by atoms with Crippen LogP contribution in [0.3, 0.4) is 0 Å². The average Bonchev–Trinajstić information content (AvgIpc) is 3.24. The lowest BCUT2D eigenvalue weighted by molar-refractivity contribution is -0.137. The third kappa shape index (κ3) is 11.5. The number of pyridine rings is 1. The van der Waals surface area contributed by atoms with Crippen LogP contribution in [-0.4, -0.2) is 42.5 Å². The fourth-order valence-electron chi connectivity index (χ4n) is 4.56. The highest BCUT2D eigenvalue weighted by Gasteiger charge is 2.30. The van der Waals surface area contributed by atoms with Gasteiger partial charge in [-0.25, -0.2) is 14.6 Å². The number of nitrogens with zero attached hydrogens (tertiary/aromatic N) is 4. The number of ether oxygens (including phenoxy) is 3. The van der Waals surface area contributed by atoms with Crippen LogP contribution in [0, 0.1) is 6.92 Å². The highest BCUT2D eigenvalue weighted by molar-refractivity contribution is 6.30. The first kappa shape index (κ1) is 35.5. The number of alkyl halides is 3. The summed E-state index contributed by atoms with van der Waals surface area (Å²) in [5, 5.41) is 7.48. The van der Waals surface area contributed by atoms with E-state index in [1.807, 2.05) is 19.1 Å². The smallest absolute Gasteiger partial charge is 0.452 e. The van der Waals surface area contributed by atoms with E-state index in [2.05, 4.69) is 35.7 Å². The van der Waals surface area contributed by atoms with Crippen molar-refractivity contribution >= 4 is 40.4 Å². The van der Waals surface area contributed by atoms with Crippen LogP contribution in [0.5, 0.6) is 5.75 Å². The number of amides is 2. The molecule has 2 heterocycles. The maximum absolute atomic E-state index is 12.9. The Bertz CT molecular complexity index is 1470. The number of fused-ring (bicyclic) bond motifs is 1. The molecule has 1 fully saturated rings. The second-order valence-electron chi connectivity index (χ2n) is 11.0. The second kappa shape index (κ2) is 16.4. The number of anilines is 1. The molecule has 0 spiro atoms. The number of aromatic nitrogens is 1. The van der Waals surface area contributed by atoms with Gasteiger partial charge in [-0.2, -0.15) is 13.2 Å². The summed E-state index contributed by atoms with van der Waals surface area (Å²) in [5.74, 6) is 0.179. The molecule has 0 unspecified atom stereocenters. The molecule has 2 amide bonds. The highest BCUT2D eigenvalue weighted by Crippen LogP contribution is 2.34. The van der Waals surface area contributed by atoms with Gasteiger partial charge in [-0.05, 0) is 95.0 Å². The Morgan fingerprint density at radius 3 is 2.09 bits per heavy atom. The van der Waals surface area contributed by atoms with E-state index in [0.29, 0.717) is 5.15 Å². The number of rotatable bonds is 6. The van der Waals surface area contributed by atoms with Gasteiger partial charge in [0.15, 0.2) is 0 Å². The molecular formula is C32H38ClF3N4O5. The molecule has 1 aliphatic rings. The largest absolute Gasteiger partial charge is 0.489 e. The van der Waals surface area contributed by atoms with Crippen LogP contribution >= 0.6 is 11.6 Å². The maximum Gasteiger partial charge on any atom is 0.452 e. The lowest BCUT2D eigenvalue weighted by Crippen LogP contribution is -2.24. The van der Waals surface area contributed by atoms with Gasteiger partial charge in [0.05, 0.1) is 23.3 Å². The molecule has 0 N–H and O–H groups in total. The normalized spacial score (nSPS) is 13.9. The molecule has 2 aromatic carbocycles. The molecule has 0 saturated carbocycles. The lowest BCUT2D eigenvalue weighted by Gasteiger charge is -2.25. The fraction of sp³-hybridized carbons (Fsp3) is 0.469. The molecule has 0 radical (unpaired) electrons. The van der Waals surface area contributed by atoms with E-state index in [4.69, 9.17) is 16.3 Å². The summed E-state index contributed by atoms with van der Waals surface area (Å²) in [7, 11) is 0. The number of hydrogen-bond acceptors (Lipinski definition) is 7. The van der Waals surface area contributed by atoms with E-state index in [0.717, 1.165) is 65.8 Å². The van der Waals surface area contributed by atoms with Gasteiger partial charge >= 0.3 is 18.4 Å². The van der Waals surface area contributed by atoms with Gasteiger partial charge in [-0.15, -0.1) is 0 Å². The van der Waals surface area contributed by atoms with Crippen molar-refractivity contribution in [3.8, 4) is 5.75 Å². The molecule has 1 aromatic heterocycles. The Balaban J connectivity index is 0.000000335. The standard InChI is InChI=1S/C24H24ClF3N2O.C8H14N2O4/c1-16-11-20-21(29-23(25)14-22(20)30-9-4-2-3-5-10-30)12-17(16)15-31-19-8-6-7-18(13-19)24(26,27)28;1-5(2)13-7(11)9-10-8(12)14-6(3)4/h6-8,11-14H,2-5,9-10,15H2,1H3;5-6H,1-4H3. The van der Waals surface area contributed by atoms with Gasteiger partial charge in [0, 0.05) is 24.2 Å². The van der Waals surface area contributed by atoms with Gasteiger partial charge in [0.1, 0.15) is 17.5 Å². The Labute approximate surface area is 265 Å². The first-order valence-corrected chi connectivity index (χ1v) is 15.1. The van der Waals surface area contributed by atoms with Crippen molar-refractivity contribution < 1.29 is 37.0 Å². The lowest BCUT2D eigenvalue weighted by atomic mass is 10.0. The van der Waals surface area contributed by atoms with Crippen LogP contribution in [0.1, 0.15) is 70.1 Å². The van der Waals surface area contributed by atoms with Crippen molar-refractivity contribution in [2.75, 3.05) is 18.0 Å². The van der Waals surface area contributed by atoms with Crippen molar-refractivity contribution in [3.05, 3.63) is 64.3 Å². The Morgan fingerprint density at radius 2 is 1.53 bits per heavy atom. The SMILES string of the molecule is CC(C)OC(=O)N=NC(=O)OC(C)C.Cc1cc2c(N3CCCCCC3)cc(Cl)nc2cc1COc1cccc(C(F)(F)F)c1. The third-order valence-corrected chi connectivity index (χ3v) is 6.80. The van der Waals surface area contributed by atoms with Crippen molar-refractivity contribution in [2.45, 2.75) is 85.3 Å². The van der Waals surface area contributed by atoms with Gasteiger partial charge in [-0.3, -0.25) is 0 Å². The molecule has 1 saturated heterocycles. The first-order valence-electron chi connectivity index (χ1n) is 14.7. The minimum Gasteiger partial charge on any atom is -0.489 e. The number of halogens is 4. The van der Waals surface area contributed by atoms with Crippen molar-refractivity contribution in [1.29, 1.82) is 0 Å². The summed E-state index contributed by atoms with van der Waals surface area (Å²) in [5.41, 5.74) is 2.99. The van der Waals surface area contributed by atoms with Crippen LogP contribution in [-0.2, 0) is 22.3 Å². The van der Waals surface area contributed by atoms with Crippen molar-refractivity contribution in [2.24, 2.45) is 10.2 Å². The minimum absolute atomic E-state index is 0.149. The second-order valence-corrected chi connectivity index (χ2v) is 11.4. The van der Waals surface area contributed by atoms with Gasteiger partial charge in [0.25, 0.3) is 0 Å². The molecule has 4 rings (SSSR count). The predicted molar refractivity (Wildman–Crippen MR) is 166 cm³/mol. The summed E-state index contributed by atoms with van der Waals surface area (Å²) < 4.78 is 53.7. The fourth-order valence-corrected chi connectivity index (χ4v) is 4.75. The van der Waals surface area contributed by atoms with Gasteiger partial charge in [-0.1, -0.05) is 40.7 Å². The summed E-state index contributed by atoms with van der Waals surface area (Å²) in [6.45, 7) is 10.8. The molecular weight excluding hydrogens is 613 g/mol. The van der Waals surface area contributed by atoms with E-state index < -0.39 is 23.9 Å². The number of azo groups is 1. The summed E-state index contributed by atoms with van der Waals surface area (Å²) in [6.07, 6.45) is -1.99. The topological polar surface area (TPSA) is 103 Å². The van der Waals surface area contributed by atoms with Crippen molar-refractivity contribution in [1.82, 2.24) is 4.98 Å². The average molecular weight is 651 g/mol. The molecule has 45 heavy (non-hydrogen) atoms. The van der Waals surface area contributed by atoms with E-state index in [1.54, 1.807) is 27.7 Å². The minimum atomic E-state index is -4.40. The number of aryl methyl sites for hydroxylation is 1. The van der Waals surface area contributed by atoms with Crippen LogP contribution in [0.25, 0.3) is 10.9 Å². The molecule has 1 aliphatic heterocycles.